The molecule has 1 aliphatic rings. The molecule has 4 rings (SSSR count). The van der Waals surface area contributed by atoms with Crippen molar-refractivity contribution in [2.24, 2.45) is 7.05 Å². The minimum absolute atomic E-state index is 0.267. The minimum Gasteiger partial charge on any atom is -0.449 e. The second-order valence-corrected chi connectivity index (χ2v) is 6.94. The molecule has 7 nitrogen and oxygen atoms in total. The predicted octanol–water partition coefficient (Wildman–Crippen LogP) is 2.94. The number of nitrogens with zero attached hydrogens (tertiary/aromatic N) is 2. The van der Waals surface area contributed by atoms with Gasteiger partial charge in [-0.2, -0.15) is 0 Å². The maximum Gasteiger partial charge on any atom is 0.341 e. The molecule has 1 aromatic heterocycles. The lowest BCUT2D eigenvalue weighted by atomic mass is 10.1. The molecule has 0 radical (unpaired) electrons. The third-order valence-corrected chi connectivity index (χ3v) is 5.11. The summed E-state index contributed by atoms with van der Waals surface area (Å²) in [5.41, 5.74) is 2.88. The lowest BCUT2D eigenvalue weighted by molar-refractivity contribution is -0.136. The summed E-state index contributed by atoms with van der Waals surface area (Å²) in [5.74, 6) is -1.13. The standard InChI is InChI=1S/C22H21N3O4/c1-14(20(26)25-13-12-23-22(25)28)29-21(27)18-16-10-6-7-11-17(16)24(2)19(18)15-8-4-3-5-9-15/h3-11,14H,12-13H2,1-2H3,(H,23,28)/t14-/m1/s1. The summed E-state index contributed by atoms with van der Waals surface area (Å²) in [4.78, 5) is 38.5. The number of imide groups is 1. The third-order valence-electron chi connectivity index (χ3n) is 5.11. The topological polar surface area (TPSA) is 80.6 Å². The van der Waals surface area contributed by atoms with Crippen LogP contribution in [0.2, 0.25) is 0 Å². The van der Waals surface area contributed by atoms with Crippen LogP contribution in [-0.4, -0.2) is 46.6 Å². The molecule has 1 aliphatic heterocycles. The van der Waals surface area contributed by atoms with Crippen molar-refractivity contribution in [2.45, 2.75) is 13.0 Å². The Bertz CT molecular complexity index is 1100. The molecule has 1 saturated heterocycles. The number of carbonyl (C=O) groups excluding carboxylic acids is 3. The molecule has 2 heterocycles. The van der Waals surface area contributed by atoms with Crippen molar-refractivity contribution in [3.05, 3.63) is 60.2 Å². The number of carbonyl (C=O) groups is 3. The molecule has 0 saturated carbocycles. The van der Waals surface area contributed by atoms with Crippen LogP contribution in [0.15, 0.2) is 54.6 Å². The van der Waals surface area contributed by atoms with E-state index in [1.54, 1.807) is 0 Å². The number of benzene rings is 2. The van der Waals surface area contributed by atoms with Crippen molar-refractivity contribution >= 4 is 28.8 Å². The van der Waals surface area contributed by atoms with Crippen molar-refractivity contribution in [1.29, 1.82) is 0 Å². The highest BCUT2D eigenvalue weighted by Crippen LogP contribution is 2.33. The smallest absolute Gasteiger partial charge is 0.341 e. The maximum atomic E-state index is 13.2. The quantitative estimate of drug-likeness (QED) is 0.694. The van der Waals surface area contributed by atoms with E-state index in [4.69, 9.17) is 4.74 Å². The van der Waals surface area contributed by atoms with Crippen LogP contribution in [0.25, 0.3) is 22.2 Å². The zero-order valence-corrected chi connectivity index (χ0v) is 16.2. The van der Waals surface area contributed by atoms with Crippen LogP contribution in [0.1, 0.15) is 17.3 Å². The lowest BCUT2D eigenvalue weighted by Crippen LogP contribution is -2.41. The normalized spacial score (nSPS) is 14.7. The molecule has 0 bridgehead atoms. The summed E-state index contributed by atoms with van der Waals surface area (Å²) in [5, 5.41) is 3.32. The molecule has 29 heavy (non-hydrogen) atoms. The van der Waals surface area contributed by atoms with Crippen LogP contribution >= 0.6 is 0 Å². The van der Waals surface area contributed by atoms with E-state index in [2.05, 4.69) is 5.32 Å². The zero-order chi connectivity index (χ0) is 20.5. The van der Waals surface area contributed by atoms with Crippen LogP contribution in [0.3, 0.4) is 0 Å². The van der Waals surface area contributed by atoms with E-state index in [9.17, 15) is 14.4 Å². The first-order chi connectivity index (χ1) is 14.0. The fraction of sp³-hybridized carbons (Fsp3) is 0.227. The number of esters is 1. The molecule has 0 aliphatic carbocycles. The number of nitrogens with one attached hydrogen (secondary N) is 1. The van der Waals surface area contributed by atoms with Crippen molar-refractivity contribution in [3.8, 4) is 11.3 Å². The highest BCUT2D eigenvalue weighted by molar-refractivity contribution is 6.11. The van der Waals surface area contributed by atoms with Gasteiger partial charge in [0, 0.05) is 31.0 Å². The summed E-state index contributed by atoms with van der Waals surface area (Å²) in [7, 11) is 1.89. The summed E-state index contributed by atoms with van der Waals surface area (Å²) < 4.78 is 7.47. The van der Waals surface area contributed by atoms with E-state index in [-0.39, 0.29) is 6.54 Å². The van der Waals surface area contributed by atoms with Gasteiger partial charge in [0.1, 0.15) is 0 Å². The molecule has 1 fully saturated rings. The summed E-state index contributed by atoms with van der Waals surface area (Å²) in [6.45, 7) is 2.15. The summed E-state index contributed by atoms with van der Waals surface area (Å²) >= 11 is 0. The van der Waals surface area contributed by atoms with Crippen LogP contribution in [0.5, 0.6) is 0 Å². The highest BCUT2D eigenvalue weighted by atomic mass is 16.5. The maximum absolute atomic E-state index is 13.2. The Kier molecular flexibility index (Phi) is 4.80. The Morgan fingerprint density at radius 3 is 2.45 bits per heavy atom. The van der Waals surface area contributed by atoms with Crippen molar-refractivity contribution in [2.75, 3.05) is 13.1 Å². The van der Waals surface area contributed by atoms with E-state index in [0.717, 1.165) is 27.1 Å². The van der Waals surface area contributed by atoms with Crippen molar-refractivity contribution in [1.82, 2.24) is 14.8 Å². The molecular weight excluding hydrogens is 370 g/mol. The Morgan fingerprint density at radius 2 is 1.76 bits per heavy atom. The molecule has 1 N–H and O–H groups in total. The first kappa shape index (κ1) is 18.7. The van der Waals surface area contributed by atoms with Crippen LogP contribution in [0.4, 0.5) is 4.79 Å². The number of aryl methyl sites for hydroxylation is 1. The van der Waals surface area contributed by atoms with E-state index >= 15 is 0 Å². The second kappa shape index (κ2) is 7.43. The molecule has 1 atom stereocenters. The van der Waals surface area contributed by atoms with E-state index in [0.29, 0.717) is 12.1 Å². The molecule has 7 heteroatoms. The first-order valence-electron chi connectivity index (χ1n) is 9.42. The molecule has 2 aromatic carbocycles. The predicted molar refractivity (Wildman–Crippen MR) is 108 cm³/mol. The highest BCUT2D eigenvalue weighted by Gasteiger charge is 2.33. The Hall–Kier alpha value is -3.61. The first-order valence-corrected chi connectivity index (χ1v) is 9.42. The number of hydrogen-bond acceptors (Lipinski definition) is 4. The number of fused-ring (bicyclic) bond motifs is 1. The second-order valence-electron chi connectivity index (χ2n) is 6.94. The average molecular weight is 391 g/mol. The number of urea groups is 1. The van der Waals surface area contributed by atoms with Gasteiger partial charge in [0.05, 0.1) is 11.3 Å². The Balaban J connectivity index is 1.72. The van der Waals surface area contributed by atoms with Crippen molar-refractivity contribution < 1.29 is 19.1 Å². The van der Waals surface area contributed by atoms with Gasteiger partial charge in [-0.1, -0.05) is 48.5 Å². The molecular formula is C22H21N3O4. The molecule has 3 amide bonds. The van der Waals surface area contributed by atoms with E-state index in [1.807, 2.05) is 66.2 Å². The fourth-order valence-electron chi connectivity index (χ4n) is 3.71. The van der Waals surface area contributed by atoms with Gasteiger partial charge in [0.15, 0.2) is 6.10 Å². The number of hydrogen-bond donors (Lipinski definition) is 1. The SMILES string of the molecule is C[C@@H](OC(=O)c1c(-c2ccccc2)n(C)c2ccccc12)C(=O)N1CCNC1=O. The van der Waals surface area contributed by atoms with Crippen LogP contribution < -0.4 is 5.32 Å². The van der Waals surface area contributed by atoms with Gasteiger partial charge in [-0.3, -0.25) is 9.69 Å². The summed E-state index contributed by atoms with van der Waals surface area (Å²) in [6, 6.07) is 16.7. The van der Waals surface area contributed by atoms with Crippen molar-refractivity contribution in [3.63, 3.8) is 0 Å². The monoisotopic (exact) mass is 391 g/mol. The largest absolute Gasteiger partial charge is 0.449 e. The van der Waals surface area contributed by atoms with Gasteiger partial charge < -0.3 is 14.6 Å². The van der Waals surface area contributed by atoms with Gasteiger partial charge >= 0.3 is 12.0 Å². The van der Waals surface area contributed by atoms with Gasteiger partial charge in [0.2, 0.25) is 0 Å². The van der Waals surface area contributed by atoms with Gasteiger partial charge in [-0.15, -0.1) is 0 Å². The lowest BCUT2D eigenvalue weighted by Gasteiger charge is -2.18. The molecule has 148 valence electrons. The molecule has 0 spiro atoms. The number of amides is 3. The molecule has 3 aromatic rings. The Labute approximate surface area is 167 Å². The fourth-order valence-corrected chi connectivity index (χ4v) is 3.71. The third kappa shape index (κ3) is 3.24. The molecule has 0 unspecified atom stereocenters. The van der Waals surface area contributed by atoms with E-state index in [1.165, 1.54) is 6.92 Å². The number of para-hydroxylation sites is 1. The van der Waals surface area contributed by atoms with Gasteiger partial charge in [-0.05, 0) is 18.6 Å². The number of rotatable bonds is 4. The minimum atomic E-state index is -1.08. The average Bonchev–Trinajstić information content (AvgIpc) is 3.29. The summed E-state index contributed by atoms with van der Waals surface area (Å²) in [6.07, 6.45) is -1.08. The van der Waals surface area contributed by atoms with Crippen LogP contribution in [0, 0.1) is 0 Å². The van der Waals surface area contributed by atoms with Gasteiger partial charge in [0.25, 0.3) is 5.91 Å². The number of ether oxygens (including phenoxy) is 1. The van der Waals surface area contributed by atoms with Crippen LogP contribution in [-0.2, 0) is 16.6 Å². The van der Waals surface area contributed by atoms with Gasteiger partial charge in [-0.25, -0.2) is 9.59 Å². The Morgan fingerprint density at radius 1 is 1.07 bits per heavy atom. The zero-order valence-electron chi connectivity index (χ0n) is 16.2. The number of aromatic nitrogens is 1. The van der Waals surface area contributed by atoms with E-state index < -0.39 is 24.0 Å².